The van der Waals surface area contributed by atoms with Gasteiger partial charge in [-0.05, 0) is 87.3 Å². The monoisotopic (exact) mass is 540 g/mol. The van der Waals surface area contributed by atoms with E-state index >= 15 is 0 Å². The highest BCUT2D eigenvalue weighted by Gasteiger charge is 2.46. The molecule has 1 amide bonds. The van der Waals surface area contributed by atoms with Gasteiger partial charge in [-0.3, -0.25) is 9.59 Å². The van der Waals surface area contributed by atoms with Gasteiger partial charge in [0.15, 0.2) is 11.5 Å². The first-order chi connectivity index (χ1) is 18.7. The first kappa shape index (κ1) is 30.2. The zero-order chi connectivity index (χ0) is 28.5. The molecule has 0 saturated carbocycles. The lowest BCUT2D eigenvalue weighted by Gasteiger charge is -2.27. The van der Waals surface area contributed by atoms with Crippen molar-refractivity contribution in [1.29, 1.82) is 0 Å². The zero-order valence-electron chi connectivity index (χ0n) is 23.7. The molecule has 0 bridgehead atoms. The summed E-state index contributed by atoms with van der Waals surface area (Å²) in [5.74, 6) is -0.651. The highest BCUT2D eigenvalue weighted by atomic mass is 19.1. The predicted octanol–water partition coefficient (Wildman–Crippen LogP) is 5.80. The second kappa shape index (κ2) is 14.1. The number of carbonyl (C=O) groups is 2. The Morgan fingerprint density at radius 3 is 2.33 bits per heavy atom. The zero-order valence-corrected chi connectivity index (χ0v) is 23.7. The van der Waals surface area contributed by atoms with Crippen LogP contribution in [0.15, 0.2) is 48.0 Å². The maximum atomic E-state index is 13.6. The Morgan fingerprint density at radius 2 is 1.72 bits per heavy atom. The predicted molar refractivity (Wildman–Crippen MR) is 150 cm³/mol. The maximum absolute atomic E-state index is 13.6. The van der Waals surface area contributed by atoms with Crippen molar-refractivity contribution < 1.29 is 28.6 Å². The Hall–Kier alpha value is -3.39. The molecule has 1 saturated heterocycles. The smallest absolute Gasteiger partial charge is 0.295 e. The largest absolute Gasteiger partial charge is 0.507 e. The van der Waals surface area contributed by atoms with Gasteiger partial charge in [0.25, 0.3) is 11.7 Å². The normalized spacial score (nSPS) is 16.9. The van der Waals surface area contributed by atoms with E-state index in [1.165, 1.54) is 29.2 Å². The molecule has 2 aromatic rings. The Kier molecular flexibility index (Phi) is 10.9. The van der Waals surface area contributed by atoms with E-state index in [0.29, 0.717) is 49.2 Å². The Labute approximate surface area is 231 Å². The van der Waals surface area contributed by atoms with E-state index in [0.717, 1.165) is 26.1 Å². The molecule has 0 spiro atoms. The molecule has 0 aromatic heterocycles. The fourth-order valence-corrected chi connectivity index (χ4v) is 4.71. The topological polar surface area (TPSA) is 79.3 Å². The number of ether oxygens (including phenoxy) is 2. The summed E-state index contributed by atoms with van der Waals surface area (Å²) in [6.07, 6.45) is 1.55. The molecular formula is C31H41FN2O5. The van der Waals surface area contributed by atoms with Crippen molar-refractivity contribution in [3.8, 4) is 11.5 Å². The lowest BCUT2D eigenvalue weighted by Crippen LogP contribution is -2.33. The van der Waals surface area contributed by atoms with Crippen LogP contribution in [-0.2, 0) is 9.59 Å². The third kappa shape index (κ3) is 7.38. The number of ketones is 1. The number of Topliss-reactive ketones (excluding diaryl/α,β-unsaturated/α-hetero) is 1. The average Bonchev–Trinajstić information content (AvgIpc) is 3.17. The minimum atomic E-state index is -0.823. The van der Waals surface area contributed by atoms with Crippen LogP contribution in [0.2, 0.25) is 0 Å². The van der Waals surface area contributed by atoms with Gasteiger partial charge in [0, 0.05) is 12.1 Å². The van der Waals surface area contributed by atoms with Crippen molar-refractivity contribution in [3.63, 3.8) is 0 Å². The molecule has 1 unspecified atom stereocenters. The molecule has 1 heterocycles. The third-order valence-electron chi connectivity index (χ3n) is 6.96. The number of benzene rings is 2. The van der Waals surface area contributed by atoms with Gasteiger partial charge < -0.3 is 24.4 Å². The van der Waals surface area contributed by atoms with E-state index in [2.05, 4.69) is 32.6 Å². The van der Waals surface area contributed by atoms with Crippen LogP contribution < -0.4 is 9.47 Å². The number of likely N-dealkylation sites (tertiary alicyclic amines) is 1. The summed E-state index contributed by atoms with van der Waals surface area (Å²) in [6, 6.07) is 9.75. The van der Waals surface area contributed by atoms with Crippen LogP contribution in [0.5, 0.6) is 11.5 Å². The van der Waals surface area contributed by atoms with Crippen molar-refractivity contribution in [1.82, 2.24) is 9.80 Å². The quantitative estimate of drug-likeness (QED) is 0.185. The van der Waals surface area contributed by atoms with E-state index in [9.17, 15) is 19.1 Å². The molecule has 1 N–H and O–H groups in total. The van der Waals surface area contributed by atoms with Crippen molar-refractivity contribution in [3.05, 3.63) is 65.0 Å². The Morgan fingerprint density at radius 1 is 1.03 bits per heavy atom. The summed E-state index contributed by atoms with van der Waals surface area (Å²) < 4.78 is 25.4. The highest BCUT2D eigenvalue weighted by Crippen LogP contribution is 2.42. The summed E-state index contributed by atoms with van der Waals surface area (Å²) >= 11 is 0. The van der Waals surface area contributed by atoms with Crippen molar-refractivity contribution in [2.45, 2.75) is 53.5 Å². The molecule has 3 rings (SSSR count). The van der Waals surface area contributed by atoms with Crippen molar-refractivity contribution >= 4 is 17.4 Å². The number of aliphatic hydroxyl groups excluding tert-OH is 1. The van der Waals surface area contributed by atoms with Gasteiger partial charge in [0.05, 0.1) is 24.8 Å². The van der Waals surface area contributed by atoms with Gasteiger partial charge in [-0.15, -0.1) is 0 Å². The number of carbonyl (C=O) groups excluding carboxylic acids is 2. The number of hydrogen-bond donors (Lipinski definition) is 1. The van der Waals surface area contributed by atoms with Gasteiger partial charge in [-0.25, -0.2) is 4.39 Å². The van der Waals surface area contributed by atoms with Gasteiger partial charge in [0.1, 0.15) is 11.6 Å². The molecule has 0 radical (unpaired) electrons. The molecule has 1 aliphatic heterocycles. The molecule has 0 aliphatic carbocycles. The molecule has 7 nitrogen and oxygen atoms in total. The standard InChI is InChI=1S/C31H41FN2O5/c1-6-33(7-2)17-9-18-34-28(23-12-15-25(26(20-23)38-8-3)39-19-16-21(4)5)27(30(36)31(34)37)29(35)22-10-13-24(32)14-11-22/h10-15,20-21,28,35H,6-9,16-19H2,1-5H3. The second-order valence-corrected chi connectivity index (χ2v) is 10.0. The Balaban J connectivity index is 2.05. The summed E-state index contributed by atoms with van der Waals surface area (Å²) in [5, 5.41) is 11.2. The van der Waals surface area contributed by atoms with Crippen LogP contribution in [0.1, 0.15) is 64.6 Å². The third-order valence-corrected chi connectivity index (χ3v) is 6.96. The van der Waals surface area contributed by atoms with E-state index in [1.54, 1.807) is 18.2 Å². The molecule has 212 valence electrons. The molecule has 1 fully saturated rings. The number of halogens is 1. The van der Waals surface area contributed by atoms with Crippen LogP contribution >= 0.6 is 0 Å². The van der Waals surface area contributed by atoms with Crippen LogP contribution in [0.4, 0.5) is 4.39 Å². The van der Waals surface area contributed by atoms with Gasteiger partial charge in [-0.2, -0.15) is 0 Å². The fourth-order valence-electron chi connectivity index (χ4n) is 4.71. The first-order valence-electron chi connectivity index (χ1n) is 13.9. The fraction of sp³-hybridized carbons (Fsp3) is 0.484. The number of aliphatic hydroxyl groups is 1. The summed E-state index contributed by atoms with van der Waals surface area (Å²) in [6.45, 7) is 14.1. The van der Waals surface area contributed by atoms with Crippen LogP contribution in [0.25, 0.3) is 5.76 Å². The van der Waals surface area contributed by atoms with Gasteiger partial charge >= 0.3 is 0 Å². The summed E-state index contributed by atoms with van der Waals surface area (Å²) in [5.41, 5.74) is 0.868. The molecule has 1 atom stereocenters. The average molecular weight is 541 g/mol. The minimum Gasteiger partial charge on any atom is -0.507 e. The molecule has 1 aliphatic rings. The maximum Gasteiger partial charge on any atom is 0.295 e. The summed E-state index contributed by atoms with van der Waals surface area (Å²) in [4.78, 5) is 30.4. The van der Waals surface area contributed by atoms with Crippen molar-refractivity contribution in [2.75, 3.05) is 39.4 Å². The van der Waals surface area contributed by atoms with E-state index in [1.807, 2.05) is 6.92 Å². The lowest BCUT2D eigenvalue weighted by atomic mass is 9.95. The number of hydrogen-bond acceptors (Lipinski definition) is 6. The SMILES string of the molecule is CCOc1cc(C2C(=C(O)c3ccc(F)cc3)C(=O)C(=O)N2CCCN(CC)CC)ccc1OCCC(C)C. The number of amides is 1. The second-order valence-electron chi connectivity index (χ2n) is 10.0. The minimum absolute atomic E-state index is 0.0228. The van der Waals surface area contributed by atoms with Gasteiger partial charge in [0.2, 0.25) is 0 Å². The number of rotatable bonds is 14. The molecule has 39 heavy (non-hydrogen) atoms. The van der Waals surface area contributed by atoms with Gasteiger partial charge in [-0.1, -0.05) is 33.8 Å². The summed E-state index contributed by atoms with van der Waals surface area (Å²) in [7, 11) is 0. The lowest BCUT2D eigenvalue weighted by molar-refractivity contribution is -0.140. The van der Waals surface area contributed by atoms with Crippen LogP contribution in [0, 0.1) is 11.7 Å². The first-order valence-corrected chi connectivity index (χ1v) is 13.9. The highest BCUT2D eigenvalue weighted by molar-refractivity contribution is 6.46. The van der Waals surface area contributed by atoms with Crippen LogP contribution in [0.3, 0.4) is 0 Å². The molecular weight excluding hydrogens is 499 g/mol. The van der Waals surface area contributed by atoms with Crippen molar-refractivity contribution in [2.24, 2.45) is 5.92 Å². The van der Waals surface area contributed by atoms with E-state index < -0.39 is 23.5 Å². The Bertz CT molecular complexity index is 1160. The van der Waals surface area contributed by atoms with E-state index in [-0.39, 0.29) is 16.9 Å². The molecule has 8 heteroatoms. The van der Waals surface area contributed by atoms with Crippen LogP contribution in [-0.4, -0.2) is 66.0 Å². The van der Waals surface area contributed by atoms with E-state index in [4.69, 9.17) is 9.47 Å². The molecule has 2 aromatic carbocycles. The number of nitrogens with zero attached hydrogens (tertiary/aromatic N) is 2.